The van der Waals surface area contributed by atoms with Gasteiger partial charge in [0.05, 0.1) is 0 Å². The highest BCUT2D eigenvalue weighted by Crippen LogP contribution is 2.14. The van der Waals surface area contributed by atoms with Crippen LogP contribution in [0.1, 0.15) is 33.1 Å². The molecule has 1 fully saturated rings. The van der Waals surface area contributed by atoms with Crippen molar-refractivity contribution in [3.8, 4) is 0 Å². The van der Waals surface area contributed by atoms with Gasteiger partial charge in [0.15, 0.2) is 0 Å². The van der Waals surface area contributed by atoms with Crippen LogP contribution in [0, 0.1) is 5.92 Å². The Balaban J connectivity index is 2.39. The number of nitrogens with one attached hydrogen (secondary N) is 3. The molecule has 6 heteroatoms. The van der Waals surface area contributed by atoms with Gasteiger partial charge in [0, 0.05) is 12.6 Å². The molecule has 1 aliphatic rings. The lowest BCUT2D eigenvalue weighted by atomic mass is 9.94. The van der Waals surface area contributed by atoms with Gasteiger partial charge in [-0.05, 0) is 45.2 Å². The fourth-order valence-corrected chi connectivity index (χ4v) is 3.16. The van der Waals surface area contributed by atoms with Crippen molar-refractivity contribution < 1.29 is 8.42 Å². The summed E-state index contributed by atoms with van der Waals surface area (Å²) in [7, 11) is -3.32. The van der Waals surface area contributed by atoms with Gasteiger partial charge in [0.25, 0.3) is 10.2 Å². The molecular formula is C10H23N3O2S. The van der Waals surface area contributed by atoms with Gasteiger partial charge in [-0.25, -0.2) is 4.72 Å². The maximum Gasteiger partial charge on any atom is 0.277 e. The van der Waals surface area contributed by atoms with E-state index in [1.165, 1.54) is 0 Å². The Hall–Kier alpha value is -0.170. The largest absolute Gasteiger partial charge is 0.316 e. The van der Waals surface area contributed by atoms with E-state index in [9.17, 15) is 8.42 Å². The highest BCUT2D eigenvalue weighted by atomic mass is 32.2. The third-order valence-corrected chi connectivity index (χ3v) is 4.19. The topological polar surface area (TPSA) is 70.2 Å². The van der Waals surface area contributed by atoms with Crippen molar-refractivity contribution in [2.24, 2.45) is 5.92 Å². The molecule has 16 heavy (non-hydrogen) atoms. The maximum atomic E-state index is 11.6. The third kappa shape index (κ3) is 4.78. The van der Waals surface area contributed by atoms with E-state index in [1.54, 1.807) is 0 Å². The third-order valence-electron chi connectivity index (χ3n) is 2.93. The first-order valence-electron chi connectivity index (χ1n) is 6.03. The van der Waals surface area contributed by atoms with Crippen molar-refractivity contribution in [1.82, 2.24) is 14.8 Å². The quantitative estimate of drug-likeness (QED) is 0.630. The van der Waals surface area contributed by atoms with Gasteiger partial charge in [0.1, 0.15) is 0 Å². The minimum Gasteiger partial charge on any atom is -0.316 e. The van der Waals surface area contributed by atoms with Gasteiger partial charge >= 0.3 is 0 Å². The molecule has 0 spiro atoms. The summed E-state index contributed by atoms with van der Waals surface area (Å²) in [6.45, 7) is 6.31. The Labute approximate surface area is 98.6 Å². The van der Waals surface area contributed by atoms with E-state index < -0.39 is 10.2 Å². The molecule has 5 nitrogen and oxygen atoms in total. The number of hydrogen-bond donors (Lipinski definition) is 3. The summed E-state index contributed by atoms with van der Waals surface area (Å²) < 4.78 is 28.4. The summed E-state index contributed by atoms with van der Waals surface area (Å²) in [5, 5.41) is 3.29. The lowest BCUT2D eigenvalue weighted by Crippen LogP contribution is -2.48. The van der Waals surface area contributed by atoms with E-state index in [0.29, 0.717) is 12.5 Å². The summed E-state index contributed by atoms with van der Waals surface area (Å²) in [5.41, 5.74) is 0. The highest BCUT2D eigenvalue weighted by Gasteiger charge is 2.23. The van der Waals surface area contributed by atoms with Crippen LogP contribution in [-0.2, 0) is 10.2 Å². The van der Waals surface area contributed by atoms with Gasteiger partial charge in [0.2, 0.25) is 0 Å². The summed E-state index contributed by atoms with van der Waals surface area (Å²) >= 11 is 0. The SMILES string of the molecule is CCCNS(=O)(=O)NC(C)C1CCCNC1. The highest BCUT2D eigenvalue weighted by molar-refractivity contribution is 7.87. The van der Waals surface area contributed by atoms with Crippen LogP contribution in [0.15, 0.2) is 0 Å². The van der Waals surface area contributed by atoms with Crippen molar-refractivity contribution in [1.29, 1.82) is 0 Å². The monoisotopic (exact) mass is 249 g/mol. The van der Waals surface area contributed by atoms with Crippen LogP contribution < -0.4 is 14.8 Å². The molecule has 2 atom stereocenters. The molecule has 0 bridgehead atoms. The summed E-state index contributed by atoms with van der Waals surface area (Å²) in [4.78, 5) is 0. The van der Waals surface area contributed by atoms with Crippen LogP contribution >= 0.6 is 0 Å². The van der Waals surface area contributed by atoms with Crippen molar-refractivity contribution in [3.05, 3.63) is 0 Å². The average molecular weight is 249 g/mol. The maximum absolute atomic E-state index is 11.6. The van der Waals surface area contributed by atoms with E-state index in [0.717, 1.165) is 32.4 Å². The smallest absolute Gasteiger partial charge is 0.277 e. The summed E-state index contributed by atoms with van der Waals surface area (Å²) in [5.74, 6) is 0.395. The molecule has 3 N–H and O–H groups in total. The van der Waals surface area contributed by atoms with Crippen LogP contribution in [-0.4, -0.2) is 34.1 Å². The standard InChI is InChI=1S/C10H23N3O2S/c1-3-6-12-16(14,15)13-9(2)10-5-4-7-11-8-10/h9-13H,3-8H2,1-2H3. The molecule has 1 rings (SSSR count). The Kier molecular flexibility index (Phi) is 5.68. The zero-order chi connectivity index (χ0) is 12.0. The zero-order valence-corrected chi connectivity index (χ0v) is 10.9. The number of hydrogen-bond acceptors (Lipinski definition) is 3. The normalized spacial score (nSPS) is 24.2. The molecular weight excluding hydrogens is 226 g/mol. The summed E-state index contributed by atoms with van der Waals surface area (Å²) in [6, 6.07) is -0.0119. The molecule has 1 heterocycles. The Bertz CT molecular complexity index is 286. The lowest BCUT2D eigenvalue weighted by Gasteiger charge is -2.28. The van der Waals surface area contributed by atoms with Gasteiger partial charge in [-0.1, -0.05) is 6.92 Å². The van der Waals surface area contributed by atoms with Crippen LogP contribution in [0.3, 0.4) is 0 Å². The molecule has 0 saturated carbocycles. The van der Waals surface area contributed by atoms with Crippen LogP contribution in [0.25, 0.3) is 0 Å². The van der Waals surface area contributed by atoms with Crippen LogP contribution in [0.2, 0.25) is 0 Å². The van der Waals surface area contributed by atoms with Gasteiger partial charge in [-0.3, -0.25) is 0 Å². The van der Waals surface area contributed by atoms with E-state index in [-0.39, 0.29) is 6.04 Å². The second kappa shape index (κ2) is 6.54. The molecule has 96 valence electrons. The van der Waals surface area contributed by atoms with Crippen molar-refractivity contribution in [3.63, 3.8) is 0 Å². The fourth-order valence-electron chi connectivity index (χ4n) is 1.92. The number of rotatable bonds is 6. The summed E-state index contributed by atoms with van der Waals surface area (Å²) in [6.07, 6.45) is 3.02. The second-order valence-electron chi connectivity index (χ2n) is 4.41. The molecule has 0 aromatic carbocycles. The minimum atomic E-state index is -3.32. The first-order chi connectivity index (χ1) is 7.55. The van der Waals surface area contributed by atoms with Crippen molar-refractivity contribution in [2.45, 2.75) is 39.2 Å². The van der Waals surface area contributed by atoms with Gasteiger partial charge in [-0.2, -0.15) is 13.1 Å². The first kappa shape index (κ1) is 13.9. The predicted molar refractivity (Wildman–Crippen MR) is 65.4 cm³/mol. The Morgan fingerprint density at radius 1 is 1.50 bits per heavy atom. The molecule has 1 aliphatic heterocycles. The molecule has 1 saturated heterocycles. The van der Waals surface area contributed by atoms with Crippen molar-refractivity contribution >= 4 is 10.2 Å². The van der Waals surface area contributed by atoms with Crippen LogP contribution in [0.5, 0.6) is 0 Å². The van der Waals surface area contributed by atoms with E-state index >= 15 is 0 Å². The number of piperidine rings is 1. The molecule has 0 radical (unpaired) electrons. The van der Waals surface area contributed by atoms with Gasteiger partial charge < -0.3 is 5.32 Å². The molecule has 0 aliphatic carbocycles. The van der Waals surface area contributed by atoms with E-state index in [2.05, 4.69) is 14.8 Å². The molecule has 0 aromatic rings. The average Bonchev–Trinajstić information content (AvgIpc) is 2.27. The minimum absolute atomic E-state index is 0.0119. The fraction of sp³-hybridized carbons (Fsp3) is 1.00. The lowest BCUT2D eigenvalue weighted by molar-refractivity contribution is 0.319. The van der Waals surface area contributed by atoms with Gasteiger partial charge in [-0.15, -0.1) is 0 Å². The molecule has 2 unspecified atom stereocenters. The second-order valence-corrected chi connectivity index (χ2v) is 5.94. The van der Waals surface area contributed by atoms with Crippen LogP contribution in [0.4, 0.5) is 0 Å². The predicted octanol–water partition coefficient (Wildman–Crippen LogP) is 0.209. The van der Waals surface area contributed by atoms with E-state index in [4.69, 9.17) is 0 Å². The van der Waals surface area contributed by atoms with Crippen molar-refractivity contribution in [2.75, 3.05) is 19.6 Å². The Morgan fingerprint density at radius 2 is 2.25 bits per heavy atom. The van der Waals surface area contributed by atoms with E-state index in [1.807, 2.05) is 13.8 Å². The molecule has 0 amide bonds. The first-order valence-corrected chi connectivity index (χ1v) is 7.51. The zero-order valence-electron chi connectivity index (χ0n) is 10.1. The molecule has 0 aromatic heterocycles. The Morgan fingerprint density at radius 3 is 2.81 bits per heavy atom.